The van der Waals surface area contributed by atoms with Gasteiger partial charge in [0.25, 0.3) is 11.4 Å². The number of nitrogens with zero attached hydrogens (tertiary/aromatic N) is 3. The Morgan fingerprint density at radius 2 is 1.69 bits per heavy atom. The summed E-state index contributed by atoms with van der Waals surface area (Å²) in [5.41, 5.74) is -0.846. The number of amides is 1. The van der Waals surface area contributed by atoms with Crippen LogP contribution in [0.3, 0.4) is 0 Å². The lowest BCUT2D eigenvalue weighted by atomic mass is 10.2. The molecular weight excluding hydrogens is 428 g/mol. The van der Waals surface area contributed by atoms with Crippen molar-refractivity contribution in [3.8, 4) is 0 Å². The fourth-order valence-corrected chi connectivity index (χ4v) is 3.84. The second-order valence-corrected chi connectivity index (χ2v) is 8.19. The molecule has 0 unspecified atom stereocenters. The van der Waals surface area contributed by atoms with Crippen LogP contribution >= 0.6 is 11.6 Å². The van der Waals surface area contributed by atoms with Crippen LogP contribution in [0.15, 0.2) is 42.5 Å². The Balaban J connectivity index is 2.40. The van der Waals surface area contributed by atoms with Gasteiger partial charge in [0.2, 0.25) is 15.9 Å². The summed E-state index contributed by atoms with van der Waals surface area (Å²) in [7, 11) is -4.02. The van der Waals surface area contributed by atoms with Gasteiger partial charge in [-0.2, -0.15) is 0 Å². The van der Waals surface area contributed by atoms with E-state index in [2.05, 4.69) is 5.32 Å². The molecule has 1 N–H and O–H groups in total. The molecule has 0 spiro atoms. The van der Waals surface area contributed by atoms with Crippen LogP contribution in [-0.2, 0) is 14.8 Å². The first-order valence-corrected chi connectivity index (χ1v) is 10.1. The Hall–Kier alpha value is -3.25. The van der Waals surface area contributed by atoms with Crippen molar-refractivity contribution in [2.24, 2.45) is 0 Å². The quantitative estimate of drug-likeness (QED) is 0.510. The van der Waals surface area contributed by atoms with Crippen LogP contribution in [0.5, 0.6) is 0 Å². The Labute approximate surface area is 170 Å². The number of hydrogen-bond donors (Lipinski definition) is 1. The third-order valence-corrected chi connectivity index (χ3v) is 5.37. The molecule has 29 heavy (non-hydrogen) atoms. The van der Waals surface area contributed by atoms with Crippen molar-refractivity contribution in [1.82, 2.24) is 0 Å². The molecule has 0 heterocycles. The number of sulfonamides is 1. The van der Waals surface area contributed by atoms with Crippen molar-refractivity contribution < 1.29 is 23.1 Å². The van der Waals surface area contributed by atoms with Crippen molar-refractivity contribution in [1.29, 1.82) is 0 Å². The molecule has 0 aliphatic rings. The molecule has 11 nitrogen and oxygen atoms in total. The molecule has 2 rings (SSSR count). The first-order valence-electron chi connectivity index (χ1n) is 7.90. The first kappa shape index (κ1) is 22.0. The highest BCUT2D eigenvalue weighted by molar-refractivity contribution is 7.92. The zero-order chi connectivity index (χ0) is 21.9. The van der Waals surface area contributed by atoms with Gasteiger partial charge in [0.1, 0.15) is 6.04 Å². The second-order valence-electron chi connectivity index (χ2n) is 5.92. The summed E-state index contributed by atoms with van der Waals surface area (Å²) in [6.07, 6.45) is 0.843. The van der Waals surface area contributed by atoms with E-state index in [-0.39, 0.29) is 27.8 Å². The van der Waals surface area contributed by atoms with Crippen LogP contribution in [0.2, 0.25) is 5.02 Å². The van der Waals surface area contributed by atoms with E-state index in [4.69, 9.17) is 11.6 Å². The van der Waals surface area contributed by atoms with Crippen LogP contribution < -0.4 is 9.62 Å². The van der Waals surface area contributed by atoms with Crippen molar-refractivity contribution in [3.05, 3.63) is 67.7 Å². The number of nitrogens with one attached hydrogen (secondary N) is 1. The number of non-ortho nitro benzene ring substituents is 2. The Bertz CT molecular complexity index is 1090. The van der Waals surface area contributed by atoms with E-state index >= 15 is 0 Å². The molecule has 0 bridgehead atoms. The molecule has 1 amide bonds. The van der Waals surface area contributed by atoms with E-state index in [9.17, 15) is 33.4 Å². The molecule has 2 aromatic rings. The van der Waals surface area contributed by atoms with Crippen LogP contribution in [0.25, 0.3) is 0 Å². The minimum atomic E-state index is -4.02. The number of halogens is 1. The molecule has 0 saturated carbocycles. The van der Waals surface area contributed by atoms with Gasteiger partial charge >= 0.3 is 0 Å². The van der Waals surface area contributed by atoms with Gasteiger partial charge in [-0.25, -0.2) is 8.42 Å². The lowest BCUT2D eigenvalue weighted by Gasteiger charge is -2.28. The molecule has 154 valence electrons. The summed E-state index contributed by atoms with van der Waals surface area (Å²) >= 11 is 5.95. The number of carbonyl (C=O) groups is 1. The van der Waals surface area contributed by atoms with E-state index in [0.717, 1.165) is 24.5 Å². The summed E-state index contributed by atoms with van der Waals surface area (Å²) in [4.78, 5) is 33.2. The van der Waals surface area contributed by atoms with Gasteiger partial charge in [-0.05, 0) is 19.1 Å². The van der Waals surface area contributed by atoms with Gasteiger partial charge in [0.15, 0.2) is 0 Å². The zero-order valence-corrected chi connectivity index (χ0v) is 16.7. The van der Waals surface area contributed by atoms with Crippen LogP contribution in [0, 0.1) is 20.2 Å². The maximum Gasteiger partial charge on any atom is 0.271 e. The normalized spacial score (nSPS) is 12.1. The van der Waals surface area contributed by atoms with Gasteiger partial charge < -0.3 is 5.32 Å². The van der Waals surface area contributed by atoms with Crippen LogP contribution in [0.1, 0.15) is 6.92 Å². The predicted octanol–water partition coefficient (Wildman–Crippen LogP) is 2.95. The average molecular weight is 443 g/mol. The lowest BCUT2D eigenvalue weighted by molar-refractivity contribution is -0.385. The summed E-state index contributed by atoms with van der Waals surface area (Å²) in [5.74, 6) is -0.843. The van der Waals surface area contributed by atoms with Gasteiger partial charge in [-0.15, -0.1) is 0 Å². The lowest BCUT2D eigenvalue weighted by Crippen LogP contribution is -2.45. The summed E-state index contributed by atoms with van der Waals surface area (Å²) in [6.45, 7) is 1.26. The largest absolute Gasteiger partial charge is 0.323 e. The maximum atomic E-state index is 12.6. The third-order valence-electron chi connectivity index (χ3n) is 3.80. The van der Waals surface area contributed by atoms with Crippen molar-refractivity contribution in [2.45, 2.75) is 13.0 Å². The smallest absolute Gasteiger partial charge is 0.271 e. The fraction of sp³-hybridized carbons (Fsp3) is 0.188. The molecular formula is C16H15ClN4O7S. The van der Waals surface area contributed by atoms with Gasteiger partial charge in [0.05, 0.1) is 32.5 Å². The number of nitro groups is 2. The fourth-order valence-electron chi connectivity index (χ4n) is 2.51. The van der Waals surface area contributed by atoms with Gasteiger partial charge in [-0.3, -0.25) is 29.3 Å². The van der Waals surface area contributed by atoms with E-state index in [1.54, 1.807) is 0 Å². The molecule has 0 radical (unpaired) electrons. The van der Waals surface area contributed by atoms with Crippen LogP contribution in [-0.4, -0.2) is 36.5 Å². The molecule has 0 saturated heterocycles. The molecule has 0 fully saturated rings. The Morgan fingerprint density at radius 3 is 2.24 bits per heavy atom. The Morgan fingerprint density at radius 1 is 1.10 bits per heavy atom. The SMILES string of the molecule is C[C@H](C(=O)Nc1cc([N+](=O)[O-])ccc1Cl)N(c1cccc([N+](=O)[O-])c1)S(C)(=O)=O. The highest BCUT2D eigenvalue weighted by Crippen LogP contribution is 2.29. The number of anilines is 2. The van der Waals surface area contributed by atoms with E-state index in [0.29, 0.717) is 4.31 Å². The average Bonchev–Trinajstić information content (AvgIpc) is 2.62. The topological polar surface area (TPSA) is 153 Å². The van der Waals surface area contributed by atoms with Crippen molar-refractivity contribution in [2.75, 3.05) is 15.9 Å². The summed E-state index contributed by atoms with van der Waals surface area (Å²) < 4.78 is 25.3. The maximum absolute atomic E-state index is 12.6. The monoisotopic (exact) mass is 442 g/mol. The molecule has 1 atom stereocenters. The molecule has 2 aromatic carbocycles. The zero-order valence-electron chi connectivity index (χ0n) is 15.1. The second kappa shape index (κ2) is 8.41. The van der Waals surface area contributed by atoms with E-state index in [1.807, 2.05) is 0 Å². The van der Waals surface area contributed by atoms with Crippen molar-refractivity contribution >= 4 is 50.3 Å². The number of nitro benzene ring substituents is 2. The van der Waals surface area contributed by atoms with Crippen LogP contribution in [0.4, 0.5) is 22.7 Å². The molecule has 13 heteroatoms. The standard InChI is InChI=1S/C16H15ClN4O7S/c1-10(16(22)18-15-9-13(21(25)26)6-7-14(15)17)19(29(2,27)28)11-4-3-5-12(8-11)20(23)24/h3-10H,1-2H3,(H,18,22)/t10-/m1/s1. The van der Waals surface area contributed by atoms with E-state index in [1.165, 1.54) is 31.2 Å². The summed E-state index contributed by atoms with van der Waals surface area (Å²) in [6, 6.07) is 6.84. The minimum absolute atomic E-state index is 0.0115. The predicted molar refractivity (Wildman–Crippen MR) is 107 cm³/mol. The Kier molecular flexibility index (Phi) is 6.39. The number of rotatable bonds is 7. The minimum Gasteiger partial charge on any atom is -0.323 e. The molecule has 0 aliphatic carbocycles. The molecule has 0 aromatic heterocycles. The number of hydrogen-bond acceptors (Lipinski definition) is 7. The number of benzene rings is 2. The summed E-state index contributed by atoms with van der Waals surface area (Å²) in [5, 5.41) is 24.2. The number of carbonyl (C=O) groups excluding carboxylic acids is 1. The van der Waals surface area contributed by atoms with E-state index < -0.39 is 31.8 Å². The van der Waals surface area contributed by atoms with Gasteiger partial charge in [-0.1, -0.05) is 17.7 Å². The van der Waals surface area contributed by atoms with Crippen molar-refractivity contribution in [3.63, 3.8) is 0 Å². The van der Waals surface area contributed by atoms with Gasteiger partial charge in [0, 0.05) is 24.3 Å². The highest BCUT2D eigenvalue weighted by Gasteiger charge is 2.30. The highest BCUT2D eigenvalue weighted by atomic mass is 35.5. The third kappa shape index (κ3) is 5.18. The first-order chi connectivity index (χ1) is 13.4. The molecule has 0 aliphatic heterocycles.